The number of alkyl halides is 1. The average Bonchev–Trinajstić information content (AvgIpc) is 3.24. The summed E-state index contributed by atoms with van der Waals surface area (Å²) in [5.41, 5.74) is 2.51. The molecule has 0 saturated carbocycles. The number of amides is 1. The lowest BCUT2D eigenvalue weighted by molar-refractivity contribution is 0.0906. The Hall–Kier alpha value is -2.89. The van der Waals surface area contributed by atoms with E-state index in [4.69, 9.17) is 4.74 Å². The lowest BCUT2D eigenvalue weighted by atomic mass is 10.0. The first-order chi connectivity index (χ1) is 13.1. The second-order valence-electron chi connectivity index (χ2n) is 6.89. The van der Waals surface area contributed by atoms with Gasteiger partial charge in [0.15, 0.2) is 0 Å². The largest absolute Gasteiger partial charge is 0.445 e. The normalized spacial score (nSPS) is 19.6. The van der Waals surface area contributed by atoms with E-state index in [1.165, 1.54) is 17.0 Å². The molecule has 6 heteroatoms. The molecule has 1 N–H and O–H groups in total. The Morgan fingerprint density at radius 2 is 2.04 bits per heavy atom. The lowest BCUT2D eigenvalue weighted by Crippen LogP contribution is -2.37. The molecule has 0 radical (unpaired) electrons. The van der Waals surface area contributed by atoms with Crippen molar-refractivity contribution in [3.63, 3.8) is 0 Å². The summed E-state index contributed by atoms with van der Waals surface area (Å²) < 4.78 is 32.8. The van der Waals surface area contributed by atoms with Gasteiger partial charge in [-0.05, 0) is 35.7 Å². The summed E-state index contributed by atoms with van der Waals surface area (Å²) in [6.07, 6.45) is 0.987. The Morgan fingerprint density at radius 3 is 2.85 bits per heavy atom. The van der Waals surface area contributed by atoms with E-state index in [0.29, 0.717) is 11.9 Å². The molecule has 4 nitrogen and oxygen atoms in total. The van der Waals surface area contributed by atoms with Gasteiger partial charge in [-0.3, -0.25) is 0 Å². The van der Waals surface area contributed by atoms with Gasteiger partial charge in [0, 0.05) is 29.6 Å². The minimum Gasteiger partial charge on any atom is -0.445 e. The molecule has 4 rings (SSSR count). The monoisotopic (exact) mass is 370 g/mol. The summed E-state index contributed by atoms with van der Waals surface area (Å²) in [6, 6.07) is 13.6. The molecule has 3 aromatic rings. The van der Waals surface area contributed by atoms with Gasteiger partial charge in [0.2, 0.25) is 0 Å². The molecule has 1 aliphatic rings. The maximum Gasteiger partial charge on any atom is 0.410 e. The number of aromatic amines is 1. The number of nitrogens with zero attached hydrogens (tertiary/aromatic N) is 1. The standard InChI is InChI=1S/C21H20F2N2O2/c22-16-6-7-19-15(11-24-20(19)10-16)8-18-9-17(23)12-25(18)21(26)27-13-14-4-2-1-3-5-14/h1-7,10-11,17-18,24H,8-9,12-13H2/t17-,18+/m0/s1. The first-order valence-corrected chi connectivity index (χ1v) is 8.97. The van der Waals surface area contributed by atoms with Gasteiger partial charge < -0.3 is 14.6 Å². The predicted molar refractivity (Wildman–Crippen MR) is 98.6 cm³/mol. The summed E-state index contributed by atoms with van der Waals surface area (Å²) in [5, 5.41) is 0.885. The van der Waals surface area contributed by atoms with Crippen molar-refractivity contribution in [3.8, 4) is 0 Å². The first kappa shape index (κ1) is 17.5. The van der Waals surface area contributed by atoms with Crippen molar-refractivity contribution < 1.29 is 18.3 Å². The molecule has 1 amide bonds. The van der Waals surface area contributed by atoms with Crippen LogP contribution in [0, 0.1) is 5.82 Å². The number of fused-ring (bicyclic) bond motifs is 1. The number of H-pyrrole nitrogens is 1. The molecule has 1 fully saturated rings. The fourth-order valence-electron chi connectivity index (χ4n) is 3.66. The summed E-state index contributed by atoms with van der Waals surface area (Å²) >= 11 is 0. The Labute approximate surface area is 155 Å². The van der Waals surface area contributed by atoms with E-state index < -0.39 is 12.3 Å². The maximum atomic E-state index is 14.0. The van der Waals surface area contributed by atoms with Crippen molar-refractivity contribution in [1.82, 2.24) is 9.88 Å². The third-order valence-corrected chi connectivity index (χ3v) is 4.99. The van der Waals surface area contributed by atoms with Crippen molar-refractivity contribution >= 4 is 17.0 Å². The number of rotatable bonds is 4. The number of hydrogen-bond acceptors (Lipinski definition) is 2. The number of ether oxygens (including phenoxy) is 1. The van der Waals surface area contributed by atoms with E-state index in [9.17, 15) is 13.6 Å². The molecule has 2 aromatic carbocycles. The topological polar surface area (TPSA) is 45.3 Å². The third kappa shape index (κ3) is 3.79. The van der Waals surface area contributed by atoms with E-state index in [1.807, 2.05) is 30.3 Å². The molecule has 0 spiro atoms. The molecule has 140 valence electrons. The van der Waals surface area contributed by atoms with E-state index in [0.717, 1.165) is 16.5 Å². The highest BCUT2D eigenvalue weighted by Gasteiger charge is 2.36. The van der Waals surface area contributed by atoms with Crippen molar-refractivity contribution in [3.05, 3.63) is 71.7 Å². The van der Waals surface area contributed by atoms with Crippen LogP contribution in [0.1, 0.15) is 17.5 Å². The zero-order chi connectivity index (χ0) is 18.8. The SMILES string of the molecule is O=C(OCc1ccccc1)N1C[C@@H](F)C[C@H]1Cc1c[nH]c2cc(F)ccc12. The molecule has 27 heavy (non-hydrogen) atoms. The number of benzene rings is 2. The summed E-state index contributed by atoms with van der Waals surface area (Å²) in [6.45, 7) is 0.196. The van der Waals surface area contributed by atoms with Crippen LogP contribution in [-0.4, -0.2) is 34.7 Å². The quantitative estimate of drug-likeness (QED) is 0.730. The first-order valence-electron chi connectivity index (χ1n) is 8.97. The molecule has 1 saturated heterocycles. The number of likely N-dealkylation sites (tertiary alicyclic amines) is 1. The molecule has 2 heterocycles. The maximum absolute atomic E-state index is 14.0. The molecular weight excluding hydrogens is 350 g/mol. The van der Waals surface area contributed by atoms with Crippen LogP contribution in [0.5, 0.6) is 0 Å². The van der Waals surface area contributed by atoms with Gasteiger partial charge in [-0.2, -0.15) is 0 Å². The molecule has 0 bridgehead atoms. The number of nitrogens with one attached hydrogen (secondary N) is 1. The average molecular weight is 370 g/mol. The zero-order valence-electron chi connectivity index (χ0n) is 14.7. The highest BCUT2D eigenvalue weighted by Crippen LogP contribution is 2.28. The van der Waals surface area contributed by atoms with Crippen LogP contribution in [0.3, 0.4) is 0 Å². The van der Waals surface area contributed by atoms with Crippen LogP contribution in [0.4, 0.5) is 13.6 Å². The summed E-state index contributed by atoms with van der Waals surface area (Å²) in [7, 11) is 0. The van der Waals surface area contributed by atoms with Gasteiger partial charge in [0.05, 0.1) is 6.54 Å². The predicted octanol–water partition coefficient (Wildman–Crippen LogP) is 4.60. The number of carbonyl (C=O) groups is 1. The van der Waals surface area contributed by atoms with Gasteiger partial charge in [-0.15, -0.1) is 0 Å². The van der Waals surface area contributed by atoms with Gasteiger partial charge in [0.1, 0.15) is 18.6 Å². The number of halogens is 2. The van der Waals surface area contributed by atoms with Crippen molar-refractivity contribution in [2.75, 3.05) is 6.54 Å². The van der Waals surface area contributed by atoms with Crippen LogP contribution in [0.15, 0.2) is 54.7 Å². The number of aromatic nitrogens is 1. The van der Waals surface area contributed by atoms with E-state index in [2.05, 4.69) is 4.98 Å². The Morgan fingerprint density at radius 1 is 1.22 bits per heavy atom. The third-order valence-electron chi connectivity index (χ3n) is 4.99. The molecular formula is C21H20F2N2O2. The second-order valence-corrected chi connectivity index (χ2v) is 6.89. The smallest absolute Gasteiger partial charge is 0.410 e. The molecule has 0 aliphatic carbocycles. The Kier molecular flexibility index (Phi) is 4.79. The van der Waals surface area contributed by atoms with Crippen LogP contribution >= 0.6 is 0 Å². The van der Waals surface area contributed by atoms with Crippen LogP contribution < -0.4 is 0 Å². The summed E-state index contributed by atoms with van der Waals surface area (Å²) in [4.78, 5) is 17.0. The Balaban J connectivity index is 1.46. The van der Waals surface area contributed by atoms with Gasteiger partial charge in [-0.25, -0.2) is 13.6 Å². The fraction of sp³-hybridized carbons (Fsp3) is 0.286. The molecule has 0 unspecified atom stereocenters. The second kappa shape index (κ2) is 7.39. The van der Waals surface area contributed by atoms with Crippen LogP contribution in [-0.2, 0) is 17.8 Å². The van der Waals surface area contributed by atoms with Crippen molar-refractivity contribution in [2.45, 2.75) is 31.7 Å². The summed E-state index contributed by atoms with van der Waals surface area (Å²) in [5.74, 6) is -0.313. The highest BCUT2D eigenvalue weighted by molar-refractivity contribution is 5.83. The van der Waals surface area contributed by atoms with Crippen LogP contribution in [0.25, 0.3) is 10.9 Å². The molecule has 1 aliphatic heterocycles. The number of carbonyl (C=O) groups excluding carboxylic acids is 1. The van der Waals surface area contributed by atoms with Crippen LogP contribution in [0.2, 0.25) is 0 Å². The number of hydrogen-bond donors (Lipinski definition) is 1. The zero-order valence-corrected chi connectivity index (χ0v) is 14.7. The van der Waals surface area contributed by atoms with Gasteiger partial charge in [0.25, 0.3) is 0 Å². The van der Waals surface area contributed by atoms with Gasteiger partial charge >= 0.3 is 6.09 Å². The van der Waals surface area contributed by atoms with E-state index in [1.54, 1.807) is 12.3 Å². The highest BCUT2D eigenvalue weighted by atomic mass is 19.1. The lowest BCUT2D eigenvalue weighted by Gasteiger charge is -2.23. The molecule has 2 atom stereocenters. The van der Waals surface area contributed by atoms with Gasteiger partial charge in [-0.1, -0.05) is 30.3 Å². The van der Waals surface area contributed by atoms with Crippen molar-refractivity contribution in [2.24, 2.45) is 0 Å². The minimum absolute atomic E-state index is 0.0370. The van der Waals surface area contributed by atoms with E-state index >= 15 is 0 Å². The Bertz CT molecular complexity index is 942. The van der Waals surface area contributed by atoms with Crippen molar-refractivity contribution in [1.29, 1.82) is 0 Å². The molecule has 1 aromatic heterocycles. The fourth-order valence-corrected chi connectivity index (χ4v) is 3.66. The van der Waals surface area contributed by atoms with E-state index in [-0.39, 0.29) is 31.4 Å². The minimum atomic E-state index is -1.07.